The largest absolute Gasteiger partial charge is 0.459 e. The minimum atomic E-state index is -0.863. The molecule has 0 fully saturated rings. The number of amides is 2. The summed E-state index contributed by atoms with van der Waals surface area (Å²) in [4.78, 5) is 38.7. The van der Waals surface area contributed by atoms with E-state index in [9.17, 15) is 14.4 Å². The molecule has 0 aliphatic rings. The second-order valence-corrected chi connectivity index (χ2v) is 8.91. The molecule has 6 nitrogen and oxygen atoms in total. The van der Waals surface area contributed by atoms with Crippen LogP contribution in [0.5, 0.6) is 0 Å². The van der Waals surface area contributed by atoms with E-state index in [0.29, 0.717) is 25.0 Å². The summed E-state index contributed by atoms with van der Waals surface area (Å²) in [6, 6.07) is 26.8. The number of esters is 1. The average Bonchev–Trinajstić information content (AvgIpc) is 2.91. The van der Waals surface area contributed by atoms with Gasteiger partial charge < -0.3 is 15.4 Å². The first-order chi connectivity index (χ1) is 17.5. The molecule has 3 aromatic carbocycles. The molecule has 2 amide bonds. The van der Waals surface area contributed by atoms with Gasteiger partial charge in [0, 0.05) is 12.8 Å². The number of aryl methyl sites for hydroxylation is 1. The molecule has 0 heterocycles. The zero-order valence-electron chi connectivity index (χ0n) is 20.1. The quantitative estimate of drug-likeness (QED) is 0.244. The Kier molecular flexibility index (Phi) is 11.1. The molecule has 7 heteroatoms. The van der Waals surface area contributed by atoms with E-state index < -0.39 is 24.0 Å². The number of thiol groups is 1. The Morgan fingerprint density at radius 2 is 1.28 bits per heavy atom. The minimum absolute atomic E-state index is 0.113. The van der Waals surface area contributed by atoms with Gasteiger partial charge in [-0.3, -0.25) is 9.59 Å². The maximum atomic E-state index is 13.3. The Hall–Kier alpha value is -3.58. The van der Waals surface area contributed by atoms with Crippen molar-refractivity contribution in [3.05, 3.63) is 108 Å². The summed E-state index contributed by atoms with van der Waals surface area (Å²) in [5, 5.41) is 5.63. The van der Waals surface area contributed by atoms with Crippen molar-refractivity contribution in [3.8, 4) is 0 Å². The van der Waals surface area contributed by atoms with Crippen LogP contribution in [0.1, 0.15) is 29.5 Å². The van der Waals surface area contributed by atoms with Crippen molar-refractivity contribution in [2.24, 2.45) is 0 Å². The van der Waals surface area contributed by atoms with Gasteiger partial charge in [-0.1, -0.05) is 91.0 Å². The fourth-order valence-corrected chi connectivity index (χ4v) is 3.97. The summed E-state index contributed by atoms with van der Waals surface area (Å²) in [7, 11) is 0. The molecule has 3 aromatic rings. The van der Waals surface area contributed by atoms with Gasteiger partial charge in [0.2, 0.25) is 11.8 Å². The summed E-state index contributed by atoms with van der Waals surface area (Å²) in [6.45, 7) is 0.113. The molecule has 2 N–H and O–H groups in total. The van der Waals surface area contributed by atoms with Gasteiger partial charge in [0.05, 0.1) is 0 Å². The molecule has 0 aliphatic heterocycles. The third-order valence-corrected chi connectivity index (χ3v) is 5.92. The van der Waals surface area contributed by atoms with Crippen LogP contribution < -0.4 is 10.6 Å². The second-order valence-electron chi connectivity index (χ2n) is 8.46. The third-order valence-electron chi connectivity index (χ3n) is 5.66. The Balaban J connectivity index is 1.64. The highest BCUT2D eigenvalue weighted by Gasteiger charge is 2.27. The second kappa shape index (κ2) is 14.7. The Labute approximate surface area is 217 Å². The van der Waals surface area contributed by atoms with Crippen molar-refractivity contribution < 1.29 is 19.1 Å². The molecule has 0 saturated carbocycles. The average molecular weight is 505 g/mol. The van der Waals surface area contributed by atoms with Gasteiger partial charge in [-0.05, 0) is 35.3 Å². The van der Waals surface area contributed by atoms with Crippen LogP contribution in [0.2, 0.25) is 0 Å². The first-order valence-electron chi connectivity index (χ1n) is 12.0. The molecule has 0 spiro atoms. The van der Waals surface area contributed by atoms with Gasteiger partial charge >= 0.3 is 5.97 Å². The Morgan fingerprint density at radius 1 is 0.722 bits per heavy atom. The smallest absolute Gasteiger partial charge is 0.329 e. The molecular formula is C29H32N2O4S. The van der Waals surface area contributed by atoms with Crippen molar-refractivity contribution in [3.63, 3.8) is 0 Å². The van der Waals surface area contributed by atoms with E-state index in [2.05, 4.69) is 23.3 Å². The van der Waals surface area contributed by atoms with Gasteiger partial charge in [0.1, 0.15) is 18.7 Å². The van der Waals surface area contributed by atoms with Crippen molar-refractivity contribution >= 4 is 30.4 Å². The molecule has 188 valence electrons. The van der Waals surface area contributed by atoms with Crippen molar-refractivity contribution in [1.29, 1.82) is 0 Å². The Morgan fingerprint density at radius 3 is 1.86 bits per heavy atom. The molecule has 0 radical (unpaired) electrons. The van der Waals surface area contributed by atoms with Crippen LogP contribution in [-0.2, 0) is 38.6 Å². The lowest BCUT2D eigenvalue weighted by Gasteiger charge is -2.23. The predicted octanol–water partition coefficient (Wildman–Crippen LogP) is 3.89. The van der Waals surface area contributed by atoms with Crippen molar-refractivity contribution in [1.82, 2.24) is 10.6 Å². The van der Waals surface area contributed by atoms with Crippen molar-refractivity contribution in [2.45, 2.75) is 44.4 Å². The van der Waals surface area contributed by atoms with Crippen LogP contribution in [0.3, 0.4) is 0 Å². The number of hydrogen-bond donors (Lipinski definition) is 3. The predicted molar refractivity (Wildman–Crippen MR) is 143 cm³/mol. The van der Waals surface area contributed by atoms with Gasteiger partial charge in [0.15, 0.2) is 0 Å². The van der Waals surface area contributed by atoms with E-state index >= 15 is 0 Å². The highest BCUT2D eigenvalue weighted by atomic mass is 32.1. The van der Waals surface area contributed by atoms with Gasteiger partial charge in [-0.2, -0.15) is 12.6 Å². The molecule has 0 aromatic heterocycles. The van der Waals surface area contributed by atoms with E-state index in [-0.39, 0.29) is 18.9 Å². The fourth-order valence-electron chi connectivity index (χ4n) is 3.71. The zero-order valence-corrected chi connectivity index (χ0v) is 21.0. The molecule has 2 atom stereocenters. The number of rotatable bonds is 13. The SMILES string of the molecule is O=C(CCc1ccccc1)N[C@@H](Cc1ccccc1)C(=O)N[C@H](CCS)C(=O)OCc1ccccc1. The van der Waals surface area contributed by atoms with E-state index in [1.54, 1.807) is 0 Å². The molecular weight excluding hydrogens is 472 g/mol. The number of benzene rings is 3. The van der Waals surface area contributed by atoms with Crippen LogP contribution in [0, 0.1) is 0 Å². The molecule has 0 saturated heterocycles. The van der Waals surface area contributed by atoms with E-state index in [4.69, 9.17) is 4.74 Å². The number of carbonyl (C=O) groups excluding carboxylic acids is 3. The van der Waals surface area contributed by atoms with Crippen molar-refractivity contribution in [2.75, 3.05) is 5.75 Å². The lowest BCUT2D eigenvalue weighted by molar-refractivity contribution is -0.149. The first kappa shape index (κ1) is 27.0. The molecule has 36 heavy (non-hydrogen) atoms. The summed E-state index contributed by atoms with van der Waals surface area (Å²) >= 11 is 4.24. The fraction of sp³-hybridized carbons (Fsp3) is 0.276. The number of ether oxygens (including phenoxy) is 1. The summed E-state index contributed by atoms with van der Waals surface area (Å²) in [5.41, 5.74) is 2.81. The number of hydrogen-bond acceptors (Lipinski definition) is 5. The molecule has 0 bridgehead atoms. The topological polar surface area (TPSA) is 84.5 Å². The maximum absolute atomic E-state index is 13.3. The maximum Gasteiger partial charge on any atom is 0.329 e. The molecule has 3 rings (SSSR count). The lowest BCUT2D eigenvalue weighted by atomic mass is 10.0. The Bertz CT molecular complexity index is 1090. The summed E-state index contributed by atoms with van der Waals surface area (Å²) < 4.78 is 5.44. The highest BCUT2D eigenvalue weighted by molar-refractivity contribution is 7.80. The summed E-state index contributed by atoms with van der Waals surface area (Å²) in [6.07, 6.45) is 1.43. The van der Waals surface area contributed by atoms with Crippen LogP contribution in [0.25, 0.3) is 0 Å². The van der Waals surface area contributed by atoms with Crippen LogP contribution in [0.15, 0.2) is 91.0 Å². The minimum Gasteiger partial charge on any atom is -0.459 e. The van der Waals surface area contributed by atoms with Crippen LogP contribution in [-0.4, -0.2) is 35.6 Å². The first-order valence-corrected chi connectivity index (χ1v) is 12.7. The third kappa shape index (κ3) is 9.23. The highest BCUT2D eigenvalue weighted by Crippen LogP contribution is 2.09. The van der Waals surface area contributed by atoms with Gasteiger partial charge in [-0.25, -0.2) is 4.79 Å². The van der Waals surface area contributed by atoms with Crippen LogP contribution >= 0.6 is 12.6 Å². The normalized spacial score (nSPS) is 12.2. The van der Waals surface area contributed by atoms with Crippen LogP contribution in [0.4, 0.5) is 0 Å². The standard InChI is InChI=1S/C29H32N2O4S/c32-27(17-16-22-10-4-1-5-11-22)30-26(20-23-12-6-2-7-13-23)28(33)31-25(18-19-36)29(34)35-21-24-14-8-3-9-15-24/h1-15,25-26,36H,16-21H2,(H,30,32)(H,31,33)/t25-,26+/m1/s1. The zero-order chi connectivity index (χ0) is 25.6. The number of nitrogens with one attached hydrogen (secondary N) is 2. The summed E-state index contributed by atoms with van der Waals surface area (Å²) in [5.74, 6) is -0.809. The van der Waals surface area contributed by atoms with E-state index in [1.165, 1.54) is 0 Å². The van der Waals surface area contributed by atoms with E-state index in [0.717, 1.165) is 16.7 Å². The number of carbonyl (C=O) groups is 3. The van der Waals surface area contributed by atoms with Gasteiger partial charge in [0.25, 0.3) is 0 Å². The van der Waals surface area contributed by atoms with E-state index in [1.807, 2.05) is 91.0 Å². The molecule has 0 aliphatic carbocycles. The molecule has 0 unspecified atom stereocenters. The monoisotopic (exact) mass is 504 g/mol. The lowest BCUT2D eigenvalue weighted by Crippen LogP contribution is -2.53. The van der Waals surface area contributed by atoms with Gasteiger partial charge in [-0.15, -0.1) is 0 Å².